The van der Waals surface area contributed by atoms with Crippen molar-refractivity contribution in [1.29, 1.82) is 0 Å². The molecular formula is C13H18ClFN2O. The minimum absolute atomic E-state index is 0.182. The molecule has 0 radical (unpaired) electrons. The molecule has 3 nitrogen and oxygen atoms in total. The van der Waals surface area contributed by atoms with Crippen molar-refractivity contribution in [3.8, 4) is 0 Å². The molecule has 2 atom stereocenters. The van der Waals surface area contributed by atoms with E-state index in [1.165, 1.54) is 6.07 Å². The first-order chi connectivity index (χ1) is 8.67. The van der Waals surface area contributed by atoms with Gasteiger partial charge in [-0.05, 0) is 18.6 Å². The molecule has 5 heteroatoms. The molecule has 1 saturated heterocycles. The average molecular weight is 273 g/mol. The summed E-state index contributed by atoms with van der Waals surface area (Å²) < 4.78 is 19.2. The molecule has 0 amide bonds. The highest BCUT2D eigenvalue weighted by molar-refractivity contribution is 6.31. The summed E-state index contributed by atoms with van der Waals surface area (Å²) in [7, 11) is 1.70. The lowest BCUT2D eigenvalue weighted by Gasteiger charge is -2.28. The third kappa shape index (κ3) is 2.67. The normalized spacial score (nSPS) is 22.3. The van der Waals surface area contributed by atoms with Gasteiger partial charge in [0.05, 0.1) is 12.1 Å². The Hall–Kier alpha value is -0.680. The van der Waals surface area contributed by atoms with Crippen molar-refractivity contribution in [3.05, 3.63) is 34.6 Å². The fourth-order valence-electron chi connectivity index (χ4n) is 2.51. The summed E-state index contributed by atoms with van der Waals surface area (Å²) in [5, 5.41) is 0.436. The predicted octanol–water partition coefficient (Wildman–Crippen LogP) is 2.20. The van der Waals surface area contributed by atoms with Crippen LogP contribution in [0.2, 0.25) is 5.02 Å². The first kappa shape index (κ1) is 13.7. The standard InChI is InChI=1S/C13H18ClFN2O/c1-18-9-5-6-17(8-9)12(7-16)13-10(14)3-2-4-11(13)15/h2-4,9,12H,5-8,16H2,1H3. The number of ether oxygens (including phenoxy) is 1. The van der Waals surface area contributed by atoms with Crippen molar-refractivity contribution in [3.63, 3.8) is 0 Å². The van der Waals surface area contributed by atoms with Crippen LogP contribution in [-0.2, 0) is 4.74 Å². The molecule has 1 aliphatic rings. The first-order valence-corrected chi connectivity index (χ1v) is 6.46. The fraction of sp³-hybridized carbons (Fsp3) is 0.538. The number of nitrogens with two attached hydrogens (primary N) is 1. The Balaban J connectivity index is 2.23. The van der Waals surface area contributed by atoms with E-state index in [9.17, 15) is 4.39 Å². The van der Waals surface area contributed by atoms with Crippen molar-refractivity contribution >= 4 is 11.6 Å². The molecule has 0 spiro atoms. The molecule has 0 aromatic heterocycles. The number of halogens is 2. The summed E-state index contributed by atoms with van der Waals surface area (Å²) in [6, 6.07) is 4.55. The highest BCUT2D eigenvalue weighted by atomic mass is 35.5. The fourth-order valence-corrected chi connectivity index (χ4v) is 2.80. The molecule has 1 heterocycles. The van der Waals surface area contributed by atoms with Crippen LogP contribution in [0.15, 0.2) is 18.2 Å². The topological polar surface area (TPSA) is 38.5 Å². The summed E-state index contributed by atoms with van der Waals surface area (Å²) in [6.07, 6.45) is 1.14. The molecule has 2 N–H and O–H groups in total. The molecule has 0 saturated carbocycles. The van der Waals surface area contributed by atoms with Crippen molar-refractivity contribution in [2.75, 3.05) is 26.7 Å². The minimum atomic E-state index is -0.293. The van der Waals surface area contributed by atoms with Gasteiger partial charge in [-0.3, -0.25) is 4.90 Å². The number of benzene rings is 1. The summed E-state index contributed by atoms with van der Waals surface area (Å²) in [6.45, 7) is 1.96. The Labute approximate surface area is 112 Å². The molecule has 2 rings (SSSR count). The van der Waals surface area contributed by atoms with Gasteiger partial charge in [0.15, 0.2) is 0 Å². The highest BCUT2D eigenvalue weighted by Gasteiger charge is 2.30. The summed E-state index contributed by atoms with van der Waals surface area (Å²) in [5.74, 6) is -0.293. The van der Waals surface area contributed by atoms with Gasteiger partial charge in [-0.15, -0.1) is 0 Å². The number of methoxy groups -OCH3 is 1. The Morgan fingerprint density at radius 2 is 2.39 bits per heavy atom. The zero-order chi connectivity index (χ0) is 13.1. The Morgan fingerprint density at radius 1 is 1.61 bits per heavy atom. The zero-order valence-electron chi connectivity index (χ0n) is 10.4. The van der Waals surface area contributed by atoms with Gasteiger partial charge >= 0.3 is 0 Å². The average Bonchev–Trinajstić information content (AvgIpc) is 2.82. The van der Waals surface area contributed by atoms with E-state index in [-0.39, 0.29) is 18.0 Å². The molecule has 1 aromatic carbocycles. The number of rotatable bonds is 4. The molecule has 0 bridgehead atoms. The Kier molecular flexibility index (Phi) is 4.56. The van der Waals surface area contributed by atoms with Gasteiger partial charge < -0.3 is 10.5 Å². The van der Waals surface area contributed by atoms with Crippen LogP contribution in [-0.4, -0.2) is 37.7 Å². The van der Waals surface area contributed by atoms with Gasteiger partial charge in [0.25, 0.3) is 0 Å². The van der Waals surface area contributed by atoms with E-state index in [1.807, 2.05) is 0 Å². The molecule has 18 heavy (non-hydrogen) atoms. The van der Waals surface area contributed by atoms with E-state index in [4.69, 9.17) is 22.1 Å². The first-order valence-electron chi connectivity index (χ1n) is 6.08. The highest BCUT2D eigenvalue weighted by Crippen LogP contribution is 2.31. The van der Waals surface area contributed by atoms with Gasteiger partial charge in [-0.25, -0.2) is 4.39 Å². The maximum Gasteiger partial charge on any atom is 0.129 e. The van der Waals surface area contributed by atoms with Crippen LogP contribution in [0.5, 0.6) is 0 Å². The van der Waals surface area contributed by atoms with Crippen molar-refractivity contribution in [1.82, 2.24) is 4.90 Å². The monoisotopic (exact) mass is 272 g/mol. The number of hydrogen-bond acceptors (Lipinski definition) is 3. The van der Waals surface area contributed by atoms with Crippen LogP contribution in [0.25, 0.3) is 0 Å². The lowest BCUT2D eigenvalue weighted by atomic mass is 10.0. The van der Waals surface area contributed by atoms with Crippen LogP contribution >= 0.6 is 11.6 Å². The van der Waals surface area contributed by atoms with E-state index in [0.29, 0.717) is 17.1 Å². The maximum absolute atomic E-state index is 13.9. The van der Waals surface area contributed by atoms with Crippen molar-refractivity contribution in [2.45, 2.75) is 18.6 Å². The van der Waals surface area contributed by atoms with Crippen LogP contribution in [0.1, 0.15) is 18.0 Å². The summed E-state index contributed by atoms with van der Waals surface area (Å²) >= 11 is 6.10. The van der Waals surface area contributed by atoms with E-state index >= 15 is 0 Å². The quantitative estimate of drug-likeness (QED) is 0.913. The van der Waals surface area contributed by atoms with Gasteiger partial charge in [-0.2, -0.15) is 0 Å². The second-order valence-corrected chi connectivity index (χ2v) is 4.94. The predicted molar refractivity (Wildman–Crippen MR) is 70.2 cm³/mol. The van der Waals surface area contributed by atoms with E-state index in [2.05, 4.69) is 4.90 Å². The van der Waals surface area contributed by atoms with Crippen molar-refractivity contribution in [2.24, 2.45) is 5.73 Å². The lowest BCUT2D eigenvalue weighted by molar-refractivity contribution is 0.101. The molecule has 100 valence electrons. The van der Waals surface area contributed by atoms with Gasteiger partial charge in [0, 0.05) is 37.3 Å². The Morgan fingerprint density at radius 3 is 2.94 bits per heavy atom. The smallest absolute Gasteiger partial charge is 0.129 e. The number of likely N-dealkylation sites (tertiary alicyclic amines) is 1. The van der Waals surface area contributed by atoms with Gasteiger partial charge in [-0.1, -0.05) is 17.7 Å². The lowest BCUT2D eigenvalue weighted by Crippen LogP contribution is -2.33. The molecule has 1 aromatic rings. The van der Waals surface area contributed by atoms with Gasteiger partial charge in [0.1, 0.15) is 5.82 Å². The van der Waals surface area contributed by atoms with Crippen LogP contribution in [0.3, 0.4) is 0 Å². The van der Waals surface area contributed by atoms with Crippen molar-refractivity contribution < 1.29 is 9.13 Å². The van der Waals surface area contributed by atoms with E-state index < -0.39 is 0 Å². The SMILES string of the molecule is COC1CCN(C(CN)c2c(F)cccc2Cl)C1. The van der Waals surface area contributed by atoms with Gasteiger partial charge in [0.2, 0.25) is 0 Å². The third-order valence-corrected chi connectivity index (χ3v) is 3.84. The summed E-state index contributed by atoms with van der Waals surface area (Å²) in [5.41, 5.74) is 6.30. The van der Waals surface area contributed by atoms with E-state index in [1.54, 1.807) is 19.2 Å². The molecule has 1 aliphatic heterocycles. The second kappa shape index (κ2) is 5.97. The number of hydrogen-bond donors (Lipinski definition) is 1. The zero-order valence-corrected chi connectivity index (χ0v) is 11.2. The Bertz CT molecular complexity index is 396. The largest absolute Gasteiger partial charge is 0.380 e. The maximum atomic E-state index is 13.9. The number of nitrogens with zero attached hydrogens (tertiary/aromatic N) is 1. The minimum Gasteiger partial charge on any atom is -0.380 e. The van der Waals surface area contributed by atoms with Crippen LogP contribution in [0, 0.1) is 5.82 Å². The van der Waals surface area contributed by atoms with E-state index in [0.717, 1.165) is 19.5 Å². The van der Waals surface area contributed by atoms with Crippen LogP contribution in [0.4, 0.5) is 4.39 Å². The molecule has 2 unspecified atom stereocenters. The summed E-state index contributed by atoms with van der Waals surface area (Å²) in [4.78, 5) is 2.14. The molecule has 1 fully saturated rings. The second-order valence-electron chi connectivity index (χ2n) is 4.53. The molecule has 0 aliphatic carbocycles. The third-order valence-electron chi connectivity index (χ3n) is 3.51. The van der Waals surface area contributed by atoms with Crippen LogP contribution < -0.4 is 5.73 Å². The molecular weight excluding hydrogens is 255 g/mol.